The summed E-state index contributed by atoms with van der Waals surface area (Å²) in [5, 5.41) is 2.13. The van der Waals surface area contributed by atoms with Crippen molar-refractivity contribution in [1.29, 1.82) is 0 Å². The lowest BCUT2D eigenvalue weighted by Crippen LogP contribution is -2.35. The number of benzene rings is 1. The zero-order valence-electron chi connectivity index (χ0n) is 17.0. The summed E-state index contributed by atoms with van der Waals surface area (Å²) in [5.41, 5.74) is 4.49. The Morgan fingerprint density at radius 3 is 2.72 bits per heavy atom. The van der Waals surface area contributed by atoms with E-state index in [9.17, 15) is 4.79 Å². The number of amides is 1. The first-order valence-corrected chi connectivity index (χ1v) is 10.7. The molecule has 0 aliphatic rings. The first kappa shape index (κ1) is 19.5. The fourth-order valence-electron chi connectivity index (χ4n) is 3.34. The third-order valence-electron chi connectivity index (χ3n) is 5.00. The molecular weight excluding hydrogens is 382 g/mol. The van der Waals surface area contributed by atoms with Gasteiger partial charge in [-0.1, -0.05) is 43.7 Å². The topological polar surface area (TPSA) is 50.8 Å². The summed E-state index contributed by atoms with van der Waals surface area (Å²) in [6.45, 7) is 7.09. The molecule has 0 saturated carbocycles. The Kier molecular flexibility index (Phi) is 5.53. The molecule has 4 aromatic rings. The molecule has 3 aromatic heterocycles. The van der Waals surface area contributed by atoms with Crippen LogP contribution in [-0.2, 0) is 17.8 Å². The van der Waals surface area contributed by atoms with Gasteiger partial charge in [-0.25, -0.2) is 4.98 Å². The van der Waals surface area contributed by atoms with Crippen molar-refractivity contribution in [2.45, 2.75) is 33.7 Å². The van der Waals surface area contributed by atoms with E-state index >= 15 is 0 Å². The van der Waals surface area contributed by atoms with E-state index < -0.39 is 0 Å². The summed E-state index contributed by atoms with van der Waals surface area (Å²) in [7, 11) is 0. The molecule has 0 unspecified atom stereocenters. The zero-order valence-corrected chi connectivity index (χ0v) is 17.8. The first-order chi connectivity index (χ1) is 14.0. The average Bonchev–Trinajstić information content (AvgIpc) is 3.43. The number of thiazole rings is 1. The number of imidazole rings is 1. The van der Waals surface area contributed by atoms with Gasteiger partial charge in [-0.3, -0.25) is 9.20 Å². The Morgan fingerprint density at radius 2 is 2.03 bits per heavy atom. The van der Waals surface area contributed by atoms with Crippen molar-refractivity contribution in [3.63, 3.8) is 0 Å². The standard InChI is InChI=1S/C23H25N3O2S/c1-16(2)22(27)25(13-20-5-4-12-28-20)11-10-19-15-29-23-24-21(14-26(19)23)18-8-6-17(3)7-9-18/h4-9,12,14-16H,10-11,13H2,1-3H3. The predicted octanol–water partition coefficient (Wildman–Crippen LogP) is 5.19. The molecule has 0 aliphatic heterocycles. The fourth-order valence-corrected chi connectivity index (χ4v) is 4.25. The van der Waals surface area contributed by atoms with E-state index in [1.54, 1.807) is 17.6 Å². The fraction of sp³-hybridized carbons (Fsp3) is 0.304. The molecular formula is C23H25N3O2S. The van der Waals surface area contributed by atoms with Crippen molar-refractivity contribution in [3.05, 3.63) is 71.3 Å². The average molecular weight is 408 g/mol. The van der Waals surface area contributed by atoms with Crippen LogP contribution >= 0.6 is 11.3 Å². The van der Waals surface area contributed by atoms with Gasteiger partial charge in [-0.05, 0) is 19.1 Å². The van der Waals surface area contributed by atoms with Gasteiger partial charge in [-0.2, -0.15) is 0 Å². The molecule has 0 spiro atoms. The van der Waals surface area contributed by atoms with Gasteiger partial charge < -0.3 is 9.32 Å². The molecule has 1 amide bonds. The van der Waals surface area contributed by atoms with E-state index in [4.69, 9.17) is 9.40 Å². The van der Waals surface area contributed by atoms with Crippen molar-refractivity contribution in [2.24, 2.45) is 5.92 Å². The third kappa shape index (κ3) is 4.27. The minimum atomic E-state index is -0.0474. The smallest absolute Gasteiger partial charge is 0.225 e. The molecule has 6 heteroatoms. The molecule has 0 atom stereocenters. The maximum Gasteiger partial charge on any atom is 0.225 e. The number of nitrogens with zero attached hydrogens (tertiary/aromatic N) is 3. The largest absolute Gasteiger partial charge is 0.467 e. The maximum absolute atomic E-state index is 12.7. The Morgan fingerprint density at radius 1 is 1.24 bits per heavy atom. The monoisotopic (exact) mass is 407 g/mol. The van der Waals surface area contributed by atoms with Crippen molar-refractivity contribution in [1.82, 2.24) is 14.3 Å². The SMILES string of the molecule is Cc1ccc(-c2cn3c(CCN(Cc4ccco4)C(=O)C(C)C)csc3n2)cc1. The highest BCUT2D eigenvalue weighted by molar-refractivity contribution is 7.15. The molecule has 0 radical (unpaired) electrons. The Labute approximate surface area is 174 Å². The molecule has 0 bridgehead atoms. The van der Waals surface area contributed by atoms with Crippen LogP contribution in [0.4, 0.5) is 0 Å². The second-order valence-corrected chi connectivity index (χ2v) is 8.45. The van der Waals surface area contributed by atoms with Gasteiger partial charge >= 0.3 is 0 Å². The van der Waals surface area contributed by atoms with Crippen LogP contribution in [0, 0.1) is 12.8 Å². The van der Waals surface area contributed by atoms with Crippen LogP contribution in [0.1, 0.15) is 30.9 Å². The highest BCUT2D eigenvalue weighted by Gasteiger charge is 2.19. The molecule has 0 aliphatic carbocycles. The number of fused-ring (bicyclic) bond motifs is 1. The summed E-state index contributed by atoms with van der Waals surface area (Å²) < 4.78 is 7.60. The molecule has 0 fully saturated rings. The van der Waals surface area contributed by atoms with Crippen LogP contribution in [0.2, 0.25) is 0 Å². The van der Waals surface area contributed by atoms with Crippen LogP contribution in [0.5, 0.6) is 0 Å². The quantitative estimate of drug-likeness (QED) is 0.423. The lowest BCUT2D eigenvalue weighted by atomic mass is 10.1. The maximum atomic E-state index is 12.7. The second-order valence-electron chi connectivity index (χ2n) is 7.62. The lowest BCUT2D eigenvalue weighted by molar-refractivity contribution is -0.135. The first-order valence-electron chi connectivity index (χ1n) is 9.85. The molecule has 0 N–H and O–H groups in total. The molecule has 150 valence electrons. The second kappa shape index (κ2) is 8.25. The van der Waals surface area contributed by atoms with Crippen LogP contribution in [0.15, 0.2) is 58.7 Å². The number of hydrogen-bond donors (Lipinski definition) is 0. The number of hydrogen-bond acceptors (Lipinski definition) is 4. The highest BCUT2D eigenvalue weighted by Crippen LogP contribution is 2.24. The van der Waals surface area contributed by atoms with Crippen LogP contribution in [-0.4, -0.2) is 26.7 Å². The highest BCUT2D eigenvalue weighted by atomic mass is 32.1. The van der Waals surface area contributed by atoms with Gasteiger partial charge in [-0.15, -0.1) is 11.3 Å². The van der Waals surface area contributed by atoms with Gasteiger partial charge in [0.1, 0.15) is 5.76 Å². The van der Waals surface area contributed by atoms with E-state index in [1.165, 1.54) is 5.56 Å². The minimum absolute atomic E-state index is 0.0474. The zero-order chi connectivity index (χ0) is 20.4. The number of aromatic nitrogens is 2. The number of carbonyl (C=O) groups is 1. The van der Waals surface area contributed by atoms with E-state index in [-0.39, 0.29) is 11.8 Å². The Bertz CT molecular complexity index is 1090. The summed E-state index contributed by atoms with van der Waals surface area (Å²) in [4.78, 5) is 20.3. The van der Waals surface area contributed by atoms with Gasteiger partial charge in [0, 0.05) is 41.7 Å². The van der Waals surface area contributed by atoms with E-state index in [2.05, 4.69) is 47.2 Å². The minimum Gasteiger partial charge on any atom is -0.467 e. The molecule has 29 heavy (non-hydrogen) atoms. The van der Waals surface area contributed by atoms with Gasteiger partial charge in [0.15, 0.2) is 4.96 Å². The predicted molar refractivity (Wildman–Crippen MR) is 116 cm³/mol. The number of carbonyl (C=O) groups excluding carboxylic acids is 1. The normalized spacial score (nSPS) is 11.4. The molecule has 5 nitrogen and oxygen atoms in total. The molecule has 1 aromatic carbocycles. The molecule has 4 rings (SSSR count). The van der Waals surface area contributed by atoms with Crippen LogP contribution < -0.4 is 0 Å². The molecule has 0 saturated heterocycles. The van der Waals surface area contributed by atoms with Crippen LogP contribution in [0.3, 0.4) is 0 Å². The summed E-state index contributed by atoms with van der Waals surface area (Å²) >= 11 is 1.63. The van der Waals surface area contributed by atoms with E-state index in [0.717, 1.165) is 34.1 Å². The van der Waals surface area contributed by atoms with Crippen molar-refractivity contribution in [3.8, 4) is 11.3 Å². The van der Waals surface area contributed by atoms with Crippen molar-refractivity contribution in [2.75, 3.05) is 6.54 Å². The van der Waals surface area contributed by atoms with E-state index in [1.807, 2.05) is 30.9 Å². The van der Waals surface area contributed by atoms with Crippen LogP contribution in [0.25, 0.3) is 16.2 Å². The lowest BCUT2D eigenvalue weighted by Gasteiger charge is -2.23. The number of furan rings is 1. The summed E-state index contributed by atoms with van der Waals surface area (Å²) in [5.74, 6) is 0.895. The van der Waals surface area contributed by atoms with Gasteiger partial charge in [0.2, 0.25) is 5.91 Å². The van der Waals surface area contributed by atoms with Crippen molar-refractivity contribution >= 4 is 22.2 Å². The Balaban J connectivity index is 1.53. The molecule has 3 heterocycles. The summed E-state index contributed by atoms with van der Waals surface area (Å²) in [6.07, 6.45) is 4.50. The summed E-state index contributed by atoms with van der Waals surface area (Å²) in [6, 6.07) is 12.2. The number of aryl methyl sites for hydroxylation is 1. The Hall–Kier alpha value is -2.86. The van der Waals surface area contributed by atoms with Gasteiger partial charge in [0.25, 0.3) is 0 Å². The van der Waals surface area contributed by atoms with E-state index in [0.29, 0.717) is 13.1 Å². The van der Waals surface area contributed by atoms with Crippen molar-refractivity contribution < 1.29 is 9.21 Å². The number of rotatable bonds is 7. The van der Waals surface area contributed by atoms with Gasteiger partial charge in [0.05, 0.1) is 18.5 Å². The third-order valence-corrected chi connectivity index (χ3v) is 5.89.